The lowest BCUT2D eigenvalue weighted by Crippen LogP contribution is -2.49. The molecule has 0 bridgehead atoms. The van der Waals surface area contributed by atoms with E-state index >= 15 is 4.39 Å². The highest BCUT2D eigenvalue weighted by molar-refractivity contribution is 6.05. The minimum absolute atomic E-state index is 0. The summed E-state index contributed by atoms with van der Waals surface area (Å²) >= 11 is 0. The molecule has 1 N–H and O–H groups in total. The first-order valence-corrected chi connectivity index (χ1v) is 15.5. The van der Waals surface area contributed by atoms with Crippen molar-refractivity contribution < 1.29 is 28.9 Å². The van der Waals surface area contributed by atoms with Gasteiger partial charge in [0.15, 0.2) is 17.5 Å². The lowest BCUT2D eigenvalue weighted by Gasteiger charge is -2.34. The Bertz CT molecular complexity index is 1830. The van der Waals surface area contributed by atoms with Crippen LogP contribution in [0, 0.1) is 17.5 Å². The summed E-state index contributed by atoms with van der Waals surface area (Å²) in [5, 5.41) is 8.00. The molecule has 2 fully saturated rings. The third kappa shape index (κ3) is 5.75. The van der Waals surface area contributed by atoms with Crippen molar-refractivity contribution in [2.24, 2.45) is 0 Å². The number of halogens is 3. The number of H-pyrrole nitrogens is 1. The van der Waals surface area contributed by atoms with E-state index in [4.69, 9.17) is 4.74 Å². The summed E-state index contributed by atoms with van der Waals surface area (Å²) in [5.74, 6) is -3.07. The predicted molar refractivity (Wildman–Crippen MR) is 167 cm³/mol. The summed E-state index contributed by atoms with van der Waals surface area (Å²) in [6.45, 7) is 3.70. The van der Waals surface area contributed by atoms with Crippen molar-refractivity contribution in [3.05, 3.63) is 71.4 Å². The number of ether oxygens (including phenoxy) is 1. The van der Waals surface area contributed by atoms with E-state index in [1.54, 1.807) is 39.0 Å². The van der Waals surface area contributed by atoms with E-state index in [0.29, 0.717) is 55.2 Å². The number of amides is 2. The van der Waals surface area contributed by atoms with Gasteiger partial charge in [-0.1, -0.05) is 11.3 Å². The van der Waals surface area contributed by atoms with Gasteiger partial charge in [0.1, 0.15) is 11.4 Å². The van der Waals surface area contributed by atoms with Crippen molar-refractivity contribution in [1.29, 1.82) is 0 Å². The van der Waals surface area contributed by atoms with Crippen LogP contribution in [0.15, 0.2) is 42.7 Å². The van der Waals surface area contributed by atoms with Crippen LogP contribution in [0.4, 0.5) is 13.2 Å². The maximum atomic E-state index is 16.5. The number of aryl methyl sites for hydroxylation is 1. The van der Waals surface area contributed by atoms with Crippen molar-refractivity contribution in [3.8, 4) is 16.9 Å². The maximum Gasteiger partial charge on any atom is 0.270 e. The number of piperazine rings is 1. The van der Waals surface area contributed by atoms with Crippen LogP contribution in [0.5, 0.6) is 5.75 Å². The second-order valence-corrected chi connectivity index (χ2v) is 12.0. The second-order valence-electron chi connectivity index (χ2n) is 12.0. The number of nitrogens with zero attached hydrogens (tertiary/aromatic N) is 6. The summed E-state index contributed by atoms with van der Waals surface area (Å²) in [5.41, 5.74) is 1.61. The number of benzene rings is 2. The highest BCUT2D eigenvalue weighted by Gasteiger charge is 2.33. The monoisotopic (exact) mass is 635 g/mol. The molecule has 1 saturated heterocycles. The van der Waals surface area contributed by atoms with Gasteiger partial charge < -0.3 is 19.5 Å². The van der Waals surface area contributed by atoms with E-state index in [1.807, 2.05) is 6.08 Å². The summed E-state index contributed by atoms with van der Waals surface area (Å²) in [4.78, 5) is 35.6. The third-order valence-electron chi connectivity index (χ3n) is 9.16. The van der Waals surface area contributed by atoms with Crippen LogP contribution >= 0.6 is 0 Å². The van der Waals surface area contributed by atoms with E-state index in [0.717, 1.165) is 25.2 Å². The number of methoxy groups -OCH3 is 1. The molecule has 2 aromatic carbocycles. The van der Waals surface area contributed by atoms with Crippen LogP contribution in [-0.2, 0) is 11.3 Å². The number of carbonyl (C=O) groups is 2. The summed E-state index contributed by atoms with van der Waals surface area (Å²) in [6.07, 6.45) is 8.19. The Balaban J connectivity index is 0.00000386. The molecule has 13 heteroatoms. The van der Waals surface area contributed by atoms with Crippen molar-refractivity contribution >= 4 is 28.3 Å². The highest BCUT2D eigenvalue weighted by atomic mass is 19.2. The van der Waals surface area contributed by atoms with E-state index in [1.165, 1.54) is 20.0 Å². The molecular weight excluding hydrogens is 599 g/mol. The average molecular weight is 636 g/mol. The minimum atomic E-state index is -1.09. The van der Waals surface area contributed by atoms with Crippen molar-refractivity contribution in [2.75, 3.05) is 46.4 Å². The number of nitrogens with one attached hydrogen (secondary N) is 1. The van der Waals surface area contributed by atoms with Gasteiger partial charge in [0.25, 0.3) is 5.91 Å². The van der Waals surface area contributed by atoms with E-state index in [2.05, 4.69) is 20.2 Å². The van der Waals surface area contributed by atoms with Crippen LogP contribution < -0.4 is 4.74 Å². The van der Waals surface area contributed by atoms with Crippen molar-refractivity contribution in [2.45, 2.75) is 38.3 Å². The fourth-order valence-electron chi connectivity index (χ4n) is 6.51. The molecule has 7 rings (SSSR count). The lowest BCUT2D eigenvalue weighted by molar-refractivity contribution is -0.131. The predicted octanol–water partition coefficient (Wildman–Crippen LogP) is 4.72. The quantitative estimate of drug-likeness (QED) is 0.301. The van der Waals surface area contributed by atoms with E-state index < -0.39 is 17.5 Å². The van der Waals surface area contributed by atoms with Gasteiger partial charge in [-0.25, -0.2) is 13.2 Å². The van der Waals surface area contributed by atoms with Gasteiger partial charge in [-0.05, 0) is 48.6 Å². The van der Waals surface area contributed by atoms with Crippen LogP contribution in [0.25, 0.3) is 27.6 Å². The maximum absolute atomic E-state index is 16.5. The molecule has 10 nitrogen and oxygen atoms in total. The zero-order valence-electron chi connectivity index (χ0n) is 25.4. The number of carbonyl (C=O) groups excluding carboxylic acids is 2. The van der Waals surface area contributed by atoms with Gasteiger partial charge in [-0.3, -0.25) is 19.2 Å². The average Bonchev–Trinajstić information content (AvgIpc) is 3.60. The molecule has 0 spiro atoms. The number of hydrogen-bond donors (Lipinski definition) is 1. The molecule has 0 unspecified atom stereocenters. The fourth-order valence-corrected chi connectivity index (χ4v) is 6.51. The molecular formula is C33H36F3N7O3. The van der Waals surface area contributed by atoms with Crippen LogP contribution in [0.3, 0.4) is 0 Å². The van der Waals surface area contributed by atoms with Gasteiger partial charge in [-0.2, -0.15) is 0 Å². The van der Waals surface area contributed by atoms with Crippen LogP contribution in [-0.4, -0.2) is 98.9 Å². The molecule has 2 amide bonds. The van der Waals surface area contributed by atoms with Gasteiger partial charge in [-0.15, -0.1) is 5.10 Å². The Hall–Kier alpha value is -4.65. The third-order valence-corrected chi connectivity index (χ3v) is 9.16. The molecule has 1 aliphatic carbocycles. The Morgan fingerprint density at radius 2 is 1.76 bits per heavy atom. The lowest BCUT2D eigenvalue weighted by atomic mass is 9.92. The molecule has 46 heavy (non-hydrogen) atoms. The molecule has 1 saturated carbocycles. The first kappa shape index (κ1) is 30.0. The first-order chi connectivity index (χ1) is 22.3. The Morgan fingerprint density at radius 1 is 0.978 bits per heavy atom. The number of aromatic amines is 1. The van der Waals surface area contributed by atoms with Crippen molar-refractivity contribution in [1.82, 2.24) is 34.7 Å². The van der Waals surface area contributed by atoms with E-state index in [9.17, 15) is 18.4 Å². The van der Waals surface area contributed by atoms with Gasteiger partial charge >= 0.3 is 0 Å². The normalized spacial score (nSPS) is 17.4. The van der Waals surface area contributed by atoms with Crippen LogP contribution in [0.1, 0.15) is 43.2 Å². The second kappa shape index (κ2) is 12.3. The molecule has 242 valence electrons. The number of hydrogen-bond acceptors (Lipinski definition) is 6. The molecule has 2 aromatic heterocycles. The Morgan fingerprint density at radius 3 is 2.48 bits per heavy atom. The standard InChI is InChI=1S/C33H34F3N7O3.H2/c1-46-29-18-27(35)26(34)16-24(29)23-15-22(20-3-2-8-42(19-20)30(44)6-9-43-10-7-37-39-43)31(36)32-25(23)17-28(38-32)33(45)41-13-11-40(12-14-41)21-4-5-21;/h3,7,10,15-18,21,38H,2,4-6,8-9,11-14,19H2,1H3;1H. The highest BCUT2D eigenvalue weighted by Crippen LogP contribution is 2.41. The molecule has 3 aliphatic rings. The fraction of sp³-hybridized carbons (Fsp3) is 0.394. The van der Waals surface area contributed by atoms with E-state index in [-0.39, 0.29) is 54.3 Å². The Labute approximate surface area is 264 Å². The van der Waals surface area contributed by atoms with Gasteiger partial charge in [0.2, 0.25) is 5.91 Å². The first-order valence-electron chi connectivity index (χ1n) is 15.5. The molecule has 2 aliphatic heterocycles. The molecule has 0 radical (unpaired) electrons. The molecule has 0 atom stereocenters. The number of rotatable bonds is 8. The Kier molecular flexibility index (Phi) is 8.01. The topological polar surface area (TPSA) is 99.6 Å². The van der Waals surface area contributed by atoms with Crippen LogP contribution in [0.2, 0.25) is 0 Å². The molecule has 4 heterocycles. The molecule has 4 aromatic rings. The number of fused-ring (bicyclic) bond motifs is 1. The van der Waals surface area contributed by atoms with Gasteiger partial charge in [0, 0.05) is 81.9 Å². The van der Waals surface area contributed by atoms with Crippen molar-refractivity contribution in [3.63, 3.8) is 0 Å². The zero-order valence-corrected chi connectivity index (χ0v) is 25.4. The summed E-state index contributed by atoms with van der Waals surface area (Å²) < 4.78 is 52.4. The SMILES string of the molecule is COc1cc(F)c(F)cc1-c1cc(C2=CCCN(C(=O)CCn3ccnn3)C2)c(F)c2[nH]c(C(=O)N3CCN(C4CC4)CC3)cc12.[HH]. The minimum Gasteiger partial charge on any atom is -0.496 e. The zero-order chi connectivity index (χ0) is 31.9. The van der Waals surface area contributed by atoms with Gasteiger partial charge in [0.05, 0.1) is 25.4 Å². The number of aromatic nitrogens is 4. The largest absolute Gasteiger partial charge is 0.496 e. The summed E-state index contributed by atoms with van der Waals surface area (Å²) in [6, 6.07) is 5.72. The smallest absolute Gasteiger partial charge is 0.270 e. The summed E-state index contributed by atoms with van der Waals surface area (Å²) in [7, 11) is 1.34.